The zero-order valence-corrected chi connectivity index (χ0v) is 17.2. The maximum atomic E-state index is 13.6. The fourth-order valence-corrected chi connectivity index (χ4v) is 3.82. The Hall–Kier alpha value is -3.35. The van der Waals surface area contributed by atoms with Crippen LogP contribution >= 0.6 is 0 Å². The summed E-state index contributed by atoms with van der Waals surface area (Å²) >= 11 is 0. The number of benzene rings is 2. The van der Waals surface area contributed by atoms with E-state index >= 15 is 0 Å². The molecule has 1 aromatic heterocycles. The number of fused-ring (bicyclic) bond motifs is 1. The highest BCUT2D eigenvalue weighted by Crippen LogP contribution is 2.31. The van der Waals surface area contributed by atoms with Crippen molar-refractivity contribution in [2.24, 2.45) is 0 Å². The van der Waals surface area contributed by atoms with Crippen LogP contribution in [-0.2, 0) is 0 Å². The van der Waals surface area contributed by atoms with Crippen molar-refractivity contribution in [3.8, 4) is 17.5 Å². The Balaban J connectivity index is 1.60. The van der Waals surface area contributed by atoms with Crippen LogP contribution in [0, 0.1) is 0 Å². The monoisotopic (exact) mass is 407 g/mol. The Kier molecular flexibility index (Phi) is 5.97. The van der Waals surface area contributed by atoms with E-state index in [1.807, 2.05) is 48.2 Å². The molecule has 1 unspecified atom stereocenters. The first-order valence-corrected chi connectivity index (χ1v) is 10.2. The summed E-state index contributed by atoms with van der Waals surface area (Å²) < 4.78 is 17.1. The first-order chi connectivity index (χ1) is 14.7. The van der Waals surface area contributed by atoms with Crippen LogP contribution in [0.15, 0.2) is 48.8 Å². The first kappa shape index (κ1) is 19.9. The molecule has 0 saturated carbocycles. The van der Waals surface area contributed by atoms with Crippen molar-refractivity contribution in [3.63, 3.8) is 0 Å². The third-order valence-corrected chi connectivity index (χ3v) is 5.17. The first-order valence-electron chi connectivity index (χ1n) is 10.2. The van der Waals surface area contributed by atoms with Gasteiger partial charge in [-0.15, -0.1) is 0 Å². The highest BCUT2D eigenvalue weighted by molar-refractivity contribution is 6.09. The number of hydrogen-bond acceptors (Lipinski definition) is 6. The van der Waals surface area contributed by atoms with Gasteiger partial charge < -0.3 is 19.1 Å². The number of hydrogen-bond donors (Lipinski definition) is 0. The summed E-state index contributed by atoms with van der Waals surface area (Å²) in [6, 6.07) is 11.7. The maximum Gasteiger partial charge on any atom is 0.278 e. The molecule has 1 aliphatic heterocycles. The second-order valence-electron chi connectivity index (χ2n) is 7.10. The van der Waals surface area contributed by atoms with E-state index in [2.05, 4.69) is 9.97 Å². The van der Waals surface area contributed by atoms with Crippen LogP contribution in [0.1, 0.15) is 30.1 Å². The lowest BCUT2D eigenvalue weighted by Gasteiger charge is -2.33. The number of carbonyl (C=O) groups excluding carboxylic acids is 1. The van der Waals surface area contributed by atoms with Crippen molar-refractivity contribution < 1.29 is 19.0 Å². The molecule has 0 spiro atoms. The standard InChI is InChI=1S/C23H25N3O4/c1-3-29-19-11-10-16-7-4-5-9-18(16)20(19)23(27)26-14-6-8-17(15-26)30-22-21(28-2)24-12-13-25-22/h4-5,7,9-13,17H,3,6,8,14-15H2,1-2H3. The molecule has 30 heavy (non-hydrogen) atoms. The van der Waals surface area contributed by atoms with E-state index in [0.717, 1.165) is 23.6 Å². The lowest BCUT2D eigenvalue weighted by molar-refractivity contribution is 0.0517. The average molecular weight is 407 g/mol. The Labute approximate surface area is 175 Å². The molecule has 1 aliphatic rings. The Morgan fingerprint density at radius 1 is 1.13 bits per heavy atom. The molecule has 7 nitrogen and oxygen atoms in total. The van der Waals surface area contributed by atoms with Gasteiger partial charge in [0.05, 0.1) is 25.8 Å². The average Bonchev–Trinajstić information content (AvgIpc) is 2.79. The number of likely N-dealkylation sites (tertiary alicyclic amines) is 1. The van der Waals surface area contributed by atoms with E-state index in [0.29, 0.717) is 42.8 Å². The molecule has 0 N–H and O–H groups in total. The number of nitrogens with zero attached hydrogens (tertiary/aromatic N) is 3. The van der Waals surface area contributed by atoms with Gasteiger partial charge in [0.15, 0.2) is 0 Å². The van der Waals surface area contributed by atoms with Crippen LogP contribution in [0.2, 0.25) is 0 Å². The van der Waals surface area contributed by atoms with Crippen molar-refractivity contribution in [3.05, 3.63) is 54.4 Å². The topological polar surface area (TPSA) is 73.8 Å². The van der Waals surface area contributed by atoms with Crippen LogP contribution in [0.25, 0.3) is 10.8 Å². The SMILES string of the molecule is CCOc1ccc2ccccc2c1C(=O)N1CCCC(Oc2nccnc2OC)C1. The Bertz CT molecular complexity index is 1040. The highest BCUT2D eigenvalue weighted by Gasteiger charge is 2.29. The molecular formula is C23H25N3O4. The third-order valence-electron chi connectivity index (χ3n) is 5.17. The summed E-state index contributed by atoms with van der Waals surface area (Å²) in [6.07, 6.45) is 4.61. The van der Waals surface area contributed by atoms with Crippen molar-refractivity contribution >= 4 is 16.7 Å². The summed E-state index contributed by atoms with van der Waals surface area (Å²) in [5.74, 6) is 1.25. The van der Waals surface area contributed by atoms with Crippen molar-refractivity contribution in [1.82, 2.24) is 14.9 Å². The van der Waals surface area contributed by atoms with E-state index in [1.54, 1.807) is 12.4 Å². The number of methoxy groups -OCH3 is 1. The van der Waals surface area contributed by atoms with Gasteiger partial charge in [-0.2, -0.15) is 0 Å². The van der Waals surface area contributed by atoms with Crippen LogP contribution in [-0.4, -0.2) is 53.7 Å². The van der Waals surface area contributed by atoms with Gasteiger partial charge in [0.2, 0.25) is 0 Å². The fraction of sp³-hybridized carbons (Fsp3) is 0.348. The van der Waals surface area contributed by atoms with Gasteiger partial charge in [-0.1, -0.05) is 30.3 Å². The number of amides is 1. The van der Waals surface area contributed by atoms with Crippen LogP contribution in [0.3, 0.4) is 0 Å². The zero-order valence-electron chi connectivity index (χ0n) is 17.2. The van der Waals surface area contributed by atoms with E-state index in [4.69, 9.17) is 14.2 Å². The van der Waals surface area contributed by atoms with E-state index in [9.17, 15) is 4.79 Å². The Morgan fingerprint density at radius 3 is 2.73 bits per heavy atom. The molecule has 0 bridgehead atoms. The fourth-order valence-electron chi connectivity index (χ4n) is 3.82. The minimum absolute atomic E-state index is 0.0466. The summed E-state index contributed by atoms with van der Waals surface area (Å²) in [7, 11) is 1.53. The molecule has 1 saturated heterocycles. The summed E-state index contributed by atoms with van der Waals surface area (Å²) in [4.78, 5) is 23.7. The highest BCUT2D eigenvalue weighted by atomic mass is 16.5. The molecule has 1 fully saturated rings. The van der Waals surface area contributed by atoms with Crippen LogP contribution in [0.5, 0.6) is 17.5 Å². The van der Waals surface area contributed by atoms with Crippen molar-refractivity contribution in [2.75, 3.05) is 26.8 Å². The molecule has 2 aromatic carbocycles. The molecule has 4 rings (SSSR count). The molecule has 1 amide bonds. The van der Waals surface area contributed by atoms with Crippen LogP contribution in [0.4, 0.5) is 0 Å². The van der Waals surface area contributed by atoms with Gasteiger partial charge in [-0.25, -0.2) is 9.97 Å². The van der Waals surface area contributed by atoms with Gasteiger partial charge in [0, 0.05) is 18.9 Å². The van der Waals surface area contributed by atoms with Crippen LogP contribution < -0.4 is 14.2 Å². The zero-order chi connectivity index (χ0) is 20.9. The lowest BCUT2D eigenvalue weighted by atomic mass is 10.0. The smallest absolute Gasteiger partial charge is 0.278 e. The predicted molar refractivity (Wildman–Crippen MR) is 113 cm³/mol. The van der Waals surface area contributed by atoms with Gasteiger partial charge in [-0.05, 0) is 36.6 Å². The third kappa shape index (κ3) is 4.01. The predicted octanol–water partition coefficient (Wildman–Crippen LogP) is 3.72. The molecule has 3 aromatic rings. The van der Waals surface area contributed by atoms with E-state index < -0.39 is 0 Å². The summed E-state index contributed by atoms with van der Waals surface area (Å²) in [6.45, 7) is 3.55. The second kappa shape index (κ2) is 8.98. The lowest BCUT2D eigenvalue weighted by Crippen LogP contribution is -2.44. The summed E-state index contributed by atoms with van der Waals surface area (Å²) in [5, 5.41) is 1.91. The van der Waals surface area contributed by atoms with E-state index in [1.165, 1.54) is 7.11 Å². The maximum absolute atomic E-state index is 13.6. The molecule has 156 valence electrons. The van der Waals surface area contributed by atoms with Crippen molar-refractivity contribution in [1.29, 1.82) is 0 Å². The van der Waals surface area contributed by atoms with Gasteiger partial charge >= 0.3 is 0 Å². The number of piperidine rings is 1. The number of ether oxygens (including phenoxy) is 3. The molecule has 2 heterocycles. The molecular weight excluding hydrogens is 382 g/mol. The summed E-state index contributed by atoms with van der Waals surface area (Å²) in [5.41, 5.74) is 0.604. The normalized spacial score (nSPS) is 16.3. The van der Waals surface area contributed by atoms with Crippen molar-refractivity contribution in [2.45, 2.75) is 25.9 Å². The number of rotatable bonds is 6. The van der Waals surface area contributed by atoms with E-state index in [-0.39, 0.29) is 12.0 Å². The molecule has 0 aliphatic carbocycles. The second-order valence-corrected chi connectivity index (χ2v) is 7.10. The number of carbonyl (C=O) groups is 1. The molecule has 0 radical (unpaired) electrons. The van der Waals surface area contributed by atoms with Gasteiger partial charge in [-0.3, -0.25) is 4.79 Å². The van der Waals surface area contributed by atoms with Gasteiger partial charge in [0.25, 0.3) is 17.7 Å². The minimum Gasteiger partial charge on any atom is -0.493 e. The molecule has 1 atom stereocenters. The quantitative estimate of drug-likeness (QED) is 0.620. The Morgan fingerprint density at radius 2 is 1.93 bits per heavy atom. The van der Waals surface area contributed by atoms with Gasteiger partial charge in [0.1, 0.15) is 11.9 Å². The molecule has 7 heteroatoms. The number of aromatic nitrogens is 2. The minimum atomic E-state index is -0.182. The largest absolute Gasteiger partial charge is 0.493 e.